The minimum absolute atomic E-state index is 0. The first kappa shape index (κ1) is 18.6. The Bertz CT molecular complexity index is 515. The van der Waals surface area contributed by atoms with Gasteiger partial charge in [-0.15, -0.1) is 24.8 Å². The number of hydrogen-bond acceptors (Lipinski definition) is 4. The van der Waals surface area contributed by atoms with Crippen molar-refractivity contribution in [3.8, 4) is 11.3 Å². The first-order valence-corrected chi connectivity index (χ1v) is 5.99. The summed E-state index contributed by atoms with van der Waals surface area (Å²) < 4.78 is 0. The van der Waals surface area contributed by atoms with Crippen LogP contribution in [0.2, 0.25) is 0 Å². The van der Waals surface area contributed by atoms with Crippen LogP contribution >= 0.6 is 24.8 Å². The van der Waals surface area contributed by atoms with E-state index in [2.05, 4.69) is 34.2 Å². The molecular formula is C14H20Cl2N4. The van der Waals surface area contributed by atoms with Gasteiger partial charge in [0, 0.05) is 25.7 Å². The minimum Gasteiger partial charge on any atom is -0.363 e. The third-order valence-corrected chi connectivity index (χ3v) is 2.79. The fourth-order valence-electron chi connectivity index (χ4n) is 1.76. The molecule has 0 spiro atoms. The van der Waals surface area contributed by atoms with E-state index in [0.29, 0.717) is 6.54 Å². The number of halogens is 2. The van der Waals surface area contributed by atoms with Crippen LogP contribution < -0.4 is 10.6 Å². The third kappa shape index (κ3) is 4.63. The molecule has 110 valence electrons. The van der Waals surface area contributed by atoms with Gasteiger partial charge in [-0.2, -0.15) is 0 Å². The van der Waals surface area contributed by atoms with Gasteiger partial charge in [-0.3, -0.25) is 0 Å². The van der Waals surface area contributed by atoms with E-state index >= 15 is 0 Å². The van der Waals surface area contributed by atoms with E-state index in [-0.39, 0.29) is 24.8 Å². The summed E-state index contributed by atoms with van der Waals surface area (Å²) in [5.41, 5.74) is 8.83. The molecule has 0 saturated carbocycles. The molecule has 6 heteroatoms. The van der Waals surface area contributed by atoms with Crippen LogP contribution in [0, 0.1) is 0 Å². The summed E-state index contributed by atoms with van der Waals surface area (Å²) in [5, 5.41) is 0. The van der Waals surface area contributed by atoms with Crippen LogP contribution in [-0.2, 0) is 6.42 Å². The molecule has 1 aromatic carbocycles. The van der Waals surface area contributed by atoms with Gasteiger partial charge in [0.25, 0.3) is 0 Å². The molecule has 1 aromatic heterocycles. The Morgan fingerprint density at radius 3 is 2.25 bits per heavy atom. The van der Waals surface area contributed by atoms with Gasteiger partial charge in [0.1, 0.15) is 12.1 Å². The fraction of sp³-hybridized carbons (Fsp3) is 0.286. The lowest BCUT2D eigenvalue weighted by atomic mass is 10.1. The van der Waals surface area contributed by atoms with Gasteiger partial charge in [0.15, 0.2) is 0 Å². The van der Waals surface area contributed by atoms with Crippen LogP contribution in [0.3, 0.4) is 0 Å². The molecular weight excluding hydrogens is 295 g/mol. The SMILES string of the molecule is CN(C)c1cc(-c2ccc(CCN)cc2)ncn1.Cl.Cl. The number of aromatic nitrogens is 2. The summed E-state index contributed by atoms with van der Waals surface area (Å²) in [4.78, 5) is 10.5. The Balaban J connectivity index is 0.00000180. The van der Waals surface area contributed by atoms with Gasteiger partial charge in [-0.1, -0.05) is 24.3 Å². The zero-order valence-corrected chi connectivity index (χ0v) is 13.2. The lowest BCUT2D eigenvalue weighted by molar-refractivity contribution is 0.969. The Kier molecular flexibility index (Phi) is 8.15. The summed E-state index contributed by atoms with van der Waals surface area (Å²) >= 11 is 0. The second-order valence-corrected chi connectivity index (χ2v) is 4.39. The molecule has 0 amide bonds. The predicted molar refractivity (Wildman–Crippen MR) is 89.0 cm³/mol. The Labute approximate surface area is 132 Å². The molecule has 0 atom stereocenters. The van der Waals surface area contributed by atoms with Crippen molar-refractivity contribution in [1.29, 1.82) is 0 Å². The summed E-state index contributed by atoms with van der Waals surface area (Å²) in [6.45, 7) is 0.678. The average Bonchev–Trinajstić information content (AvgIpc) is 2.40. The highest BCUT2D eigenvalue weighted by molar-refractivity contribution is 5.85. The van der Waals surface area contributed by atoms with Gasteiger partial charge in [0.2, 0.25) is 0 Å². The molecule has 0 fully saturated rings. The zero-order chi connectivity index (χ0) is 13.0. The van der Waals surface area contributed by atoms with Gasteiger partial charge in [0.05, 0.1) is 5.69 Å². The van der Waals surface area contributed by atoms with Crippen molar-refractivity contribution < 1.29 is 0 Å². The van der Waals surface area contributed by atoms with E-state index in [1.54, 1.807) is 6.33 Å². The first-order valence-electron chi connectivity index (χ1n) is 5.99. The lowest BCUT2D eigenvalue weighted by Gasteiger charge is -2.11. The normalized spacial score (nSPS) is 9.35. The monoisotopic (exact) mass is 314 g/mol. The second kappa shape index (κ2) is 8.74. The number of rotatable bonds is 4. The van der Waals surface area contributed by atoms with Crippen LogP contribution in [0.25, 0.3) is 11.3 Å². The van der Waals surface area contributed by atoms with E-state index in [9.17, 15) is 0 Å². The number of benzene rings is 1. The quantitative estimate of drug-likeness (QED) is 0.942. The summed E-state index contributed by atoms with van der Waals surface area (Å²) in [7, 11) is 3.94. The highest BCUT2D eigenvalue weighted by atomic mass is 35.5. The van der Waals surface area contributed by atoms with E-state index in [1.165, 1.54) is 5.56 Å². The Morgan fingerprint density at radius 2 is 1.70 bits per heavy atom. The molecule has 4 nitrogen and oxygen atoms in total. The fourth-order valence-corrected chi connectivity index (χ4v) is 1.76. The summed E-state index contributed by atoms with van der Waals surface area (Å²) in [5.74, 6) is 0.908. The molecule has 0 aliphatic carbocycles. The third-order valence-electron chi connectivity index (χ3n) is 2.79. The van der Waals surface area contributed by atoms with E-state index in [4.69, 9.17) is 5.73 Å². The van der Waals surface area contributed by atoms with Crippen molar-refractivity contribution in [2.24, 2.45) is 5.73 Å². The van der Waals surface area contributed by atoms with Crippen LogP contribution in [0.1, 0.15) is 5.56 Å². The minimum atomic E-state index is 0. The maximum Gasteiger partial charge on any atom is 0.132 e. The van der Waals surface area contributed by atoms with Crippen molar-refractivity contribution in [1.82, 2.24) is 9.97 Å². The Hall–Kier alpha value is -1.36. The molecule has 0 aliphatic rings. The molecule has 0 unspecified atom stereocenters. The number of anilines is 1. The molecule has 2 N–H and O–H groups in total. The highest BCUT2D eigenvalue weighted by Crippen LogP contribution is 2.20. The standard InChI is InChI=1S/C14H18N4.2ClH/c1-18(2)14-9-13(16-10-17-14)12-5-3-11(4-6-12)7-8-15;;/h3-6,9-10H,7-8,15H2,1-2H3;2*1H. The molecule has 0 saturated heterocycles. The molecule has 0 radical (unpaired) electrons. The first-order chi connectivity index (χ1) is 8.70. The van der Waals surface area contributed by atoms with Gasteiger partial charge in [-0.05, 0) is 18.5 Å². The van der Waals surface area contributed by atoms with Crippen LogP contribution in [-0.4, -0.2) is 30.6 Å². The van der Waals surface area contributed by atoms with Gasteiger partial charge in [-0.25, -0.2) is 9.97 Å². The maximum atomic E-state index is 5.54. The maximum absolute atomic E-state index is 5.54. The van der Waals surface area contributed by atoms with Crippen molar-refractivity contribution in [3.63, 3.8) is 0 Å². The van der Waals surface area contributed by atoms with Crippen molar-refractivity contribution in [3.05, 3.63) is 42.2 Å². The summed E-state index contributed by atoms with van der Waals surface area (Å²) in [6.07, 6.45) is 2.51. The van der Waals surface area contributed by atoms with E-state index < -0.39 is 0 Å². The van der Waals surface area contributed by atoms with Crippen molar-refractivity contribution in [2.45, 2.75) is 6.42 Å². The summed E-state index contributed by atoms with van der Waals surface area (Å²) in [6, 6.07) is 10.3. The zero-order valence-electron chi connectivity index (χ0n) is 11.6. The highest BCUT2D eigenvalue weighted by Gasteiger charge is 2.03. The van der Waals surface area contributed by atoms with E-state index in [1.807, 2.05) is 25.1 Å². The molecule has 0 aliphatic heterocycles. The molecule has 0 bridgehead atoms. The Morgan fingerprint density at radius 1 is 1.05 bits per heavy atom. The van der Waals surface area contributed by atoms with Crippen molar-refractivity contribution in [2.75, 3.05) is 25.5 Å². The topological polar surface area (TPSA) is 55.0 Å². The smallest absolute Gasteiger partial charge is 0.132 e. The average molecular weight is 315 g/mol. The number of hydrogen-bond donors (Lipinski definition) is 1. The van der Waals surface area contributed by atoms with Gasteiger partial charge >= 0.3 is 0 Å². The largest absolute Gasteiger partial charge is 0.363 e. The van der Waals surface area contributed by atoms with Crippen LogP contribution in [0.15, 0.2) is 36.7 Å². The van der Waals surface area contributed by atoms with E-state index in [0.717, 1.165) is 23.5 Å². The molecule has 2 aromatic rings. The van der Waals surface area contributed by atoms with Gasteiger partial charge < -0.3 is 10.6 Å². The predicted octanol–water partition coefficient (Wildman–Crippen LogP) is 2.55. The van der Waals surface area contributed by atoms with Crippen LogP contribution in [0.5, 0.6) is 0 Å². The molecule has 2 rings (SSSR count). The lowest BCUT2D eigenvalue weighted by Crippen LogP contribution is -2.10. The molecule has 1 heterocycles. The van der Waals surface area contributed by atoms with Crippen molar-refractivity contribution >= 4 is 30.6 Å². The number of nitrogens with two attached hydrogens (primary N) is 1. The molecule has 20 heavy (non-hydrogen) atoms. The second-order valence-electron chi connectivity index (χ2n) is 4.39. The van der Waals surface area contributed by atoms with Crippen LogP contribution in [0.4, 0.5) is 5.82 Å². The number of nitrogens with zero attached hydrogens (tertiary/aromatic N) is 3.